The summed E-state index contributed by atoms with van der Waals surface area (Å²) in [5.74, 6) is -2.11. The largest absolute Gasteiger partial charge is 0.480 e. The van der Waals surface area contributed by atoms with Crippen molar-refractivity contribution in [1.29, 1.82) is 0 Å². The number of hydrazine groups is 1. The summed E-state index contributed by atoms with van der Waals surface area (Å²) in [5, 5.41) is 18.6. The molecule has 7 heteroatoms. The van der Waals surface area contributed by atoms with Crippen LogP contribution in [0.3, 0.4) is 0 Å². The van der Waals surface area contributed by atoms with Gasteiger partial charge in [-0.15, -0.1) is 0 Å². The number of H-pyrrole nitrogens is 1. The van der Waals surface area contributed by atoms with Crippen molar-refractivity contribution in [3.8, 4) is 0 Å². The molecular weight excluding hydrogens is 262 g/mol. The predicted octanol–water partition coefficient (Wildman–Crippen LogP) is 0.342. The van der Waals surface area contributed by atoms with Gasteiger partial charge >= 0.3 is 11.9 Å². The minimum atomic E-state index is -1.06. The summed E-state index contributed by atoms with van der Waals surface area (Å²) in [6, 6.07) is 6.68. The second-order valence-corrected chi connectivity index (χ2v) is 4.35. The molecule has 1 aromatic heterocycles. The van der Waals surface area contributed by atoms with Gasteiger partial charge in [-0.05, 0) is 11.6 Å². The second kappa shape index (κ2) is 6.18. The normalized spacial score (nSPS) is 12.4. The summed E-state index contributed by atoms with van der Waals surface area (Å²) in [7, 11) is 0. The van der Waals surface area contributed by atoms with Crippen molar-refractivity contribution in [2.75, 3.05) is 6.54 Å². The molecule has 2 rings (SSSR count). The van der Waals surface area contributed by atoms with Crippen LogP contribution in [0.4, 0.5) is 0 Å². The Morgan fingerprint density at radius 1 is 1.25 bits per heavy atom. The van der Waals surface area contributed by atoms with Crippen LogP contribution in [-0.2, 0) is 16.0 Å². The molecule has 1 aromatic carbocycles. The van der Waals surface area contributed by atoms with E-state index in [9.17, 15) is 9.59 Å². The van der Waals surface area contributed by atoms with Crippen molar-refractivity contribution in [3.63, 3.8) is 0 Å². The number of hydrogen-bond donors (Lipinski definition) is 5. The lowest BCUT2D eigenvalue weighted by atomic mass is 10.1. The van der Waals surface area contributed by atoms with Gasteiger partial charge in [-0.2, -0.15) is 0 Å². The Hall–Kier alpha value is -2.38. The number of aliphatic carboxylic acids is 2. The maximum atomic E-state index is 11.2. The fourth-order valence-electron chi connectivity index (χ4n) is 1.97. The minimum Gasteiger partial charge on any atom is -0.480 e. The average Bonchev–Trinajstić information content (AvgIpc) is 2.80. The third-order valence-corrected chi connectivity index (χ3v) is 2.91. The molecule has 1 atom stereocenters. The first-order chi connectivity index (χ1) is 9.58. The highest BCUT2D eigenvalue weighted by molar-refractivity contribution is 5.84. The van der Waals surface area contributed by atoms with E-state index in [1.165, 1.54) is 0 Å². The molecule has 2 aromatic rings. The van der Waals surface area contributed by atoms with Crippen LogP contribution >= 0.6 is 0 Å². The molecule has 1 heterocycles. The number of fused-ring (bicyclic) bond motifs is 1. The van der Waals surface area contributed by atoms with E-state index in [2.05, 4.69) is 15.8 Å². The zero-order chi connectivity index (χ0) is 14.5. The van der Waals surface area contributed by atoms with Crippen molar-refractivity contribution >= 4 is 22.8 Å². The van der Waals surface area contributed by atoms with Crippen LogP contribution in [0, 0.1) is 0 Å². The molecule has 0 unspecified atom stereocenters. The van der Waals surface area contributed by atoms with Crippen LogP contribution < -0.4 is 10.9 Å². The van der Waals surface area contributed by atoms with Gasteiger partial charge in [-0.3, -0.25) is 9.59 Å². The van der Waals surface area contributed by atoms with Gasteiger partial charge < -0.3 is 15.2 Å². The zero-order valence-corrected chi connectivity index (χ0v) is 10.6. The summed E-state index contributed by atoms with van der Waals surface area (Å²) in [6.07, 6.45) is 2.01. The molecule has 0 spiro atoms. The van der Waals surface area contributed by atoms with Crippen molar-refractivity contribution in [2.24, 2.45) is 0 Å². The van der Waals surface area contributed by atoms with Gasteiger partial charge in [-0.1, -0.05) is 18.2 Å². The quantitative estimate of drug-likeness (QED) is 0.466. The number of aromatic amines is 1. The van der Waals surface area contributed by atoms with Gasteiger partial charge in [-0.25, -0.2) is 10.9 Å². The molecule has 0 amide bonds. The van der Waals surface area contributed by atoms with Gasteiger partial charge in [0.25, 0.3) is 0 Å². The highest BCUT2D eigenvalue weighted by atomic mass is 16.4. The van der Waals surface area contributed by atoms with Crippen molar-refractivity contribution in [3.05, 3.63) is 36.0 Å². The predicted molar refractivity (Wildman–Crippen MR) is 72.2 cm³/mol. The maximum absolute atomic E-state index is 11.2. The molecule has 0 bridgehead atoms. The Morgan fingerprint density at radius 2 is 2.00 bits per heavy atom. The molecule has 0 aliphatic rings. The molecule has 20 heavy (non-hydrogen) atoms. The van der Waals surface area contributed by atoms with E-state index in [-0.39, 0.29) is 13.0 Å². The number of para-hydroxylation sites is 1. The van der Waals surface area contributed by atoms with E-state index in [1.807, 2.05) is 24.3 Å². The van der Waals surface area contributed by atoms with Crippen LogP contribution in [0.15, 0.2) is 30.5 Å². The van der Waals surface area contributed by atoms with Gasteiger partial charge in [0, 0.05) is 23.5 Å². The number of carboxylic acid groups (broad SMARTS) is 2. The van der Waals surface area contributed by atoms with E-state index in [4.69, 9.17) is 10.2 Å². The van der Waals surface area contributed by atoms with Crippen molar-refractivity contribution < 1.29 is 19.8 Å². The van der Waals surface area contributed by atoms with E-state index in [0.717, 1.165) is 16.5 Å². The van der Waals surface area contributed by atoms with Gasteiger partial charge in [0.2, 0.25) is 0 Å². The minimum absolute atomic E-state index is 0.242. The Labute approximate surface area is 114 Å². The van der Waals surface area contributed by atoms with Gasteiger partial charge in [0.05, 0.1) is 0 Å². The molecule has 0 saturated heterocycles. The first kappa shape index (κ1) is 14.0. The topological polar surface area (TPSA) is 114 Å². The van der Waals surface area contributed by atoms with Gasteiger partial charge in [0.15, 0.2) is 0 Å². The summed E-state index contributed by atoms with van der Waals surface area (Å²) in [4.78, 5) is 24.6. The number of carboxylic acids is 2. The molecule has 0 saturated carbocycles. The van der Waals surface area contributed by atoms with Crippen LogP contribution in [0.25, 0.3) is 10.9 Å². The molecule has 7 nitrogen and oxygen atoms in total. The van der Waals surface area contributed by atoms with Crippen LogP contribution in [0.2, 0.25) is 0 Å². The summed E-state index contributed by atoms with van der Waals surface area (Å²) >= 11 is 0. The van der Waals surface area contributed by atoms with Crippen LogP contribution in [0.1, 0.15) is 5.56 Å². The van der Waals surface area contributed by atoms with E-state index < -0.39 is 18.0 Å². The first-order valence-corrected chi connectivity index (χ1v) is 6.06. The molecule has 106 valence electrons. The Morgan fingerprint density at radius 3 is 2.70 bits per heavy atom. The fraction of sp³-hybridized carbons (Fsp3) is 0.231. The van der Waals surface area contributed by atoms with E-state index in [0.29, 0.717) is 0 Å². The molecule has 5 N–H and O–H groups in total. The lowest BCUT2D eigenvalue weighted by Crippen LogP contribution is -2.48. The maximum Gasteiger partial charge on any atom is 0.322 e. The lowest BCUT2D eigenvalue weighted by Gasteiger charge is -2.14. The Kier molecular flexibility index (Phi) is 4.34. The fourth-order valence-corrected chi connectivity index (χ4v) is 1.97. The summed E-state index contributed by atoms with van der Waals surface area (Å²) in [5.41, 5.74) is 6.69. The van der Waals surface area contributed by atoms with Crippen LogP contribution in [-0.4, -0.2) is 39.7 Å². The third kappa shape index (κ3) is 3.34. The van der Waals surface area contributed by atoms with Crippen molar-refractivity contribution in [2.45, 2.75) is 12.5 Å². The average molecular weight is 277 g/mol. The number of hydrogen-bond acceptors (Lipinski definition) is 4. The highest BCUT2D eigenvalue weighted by Gasteiger charge is 2.19. The molecule has 0 aliphatic heterocycles. The summed E-state index contributed by atoms with van der Waals surface area (Å²) < 4.78 is 0. The highest BCUT2D eigenvalue weighted by Crippen LogP contribution is 2.18. The third-order valence-electron chi connectivity index (χ3n) is 2.91. The molecule has 0 fully saturated rings. The summed E-state index contributed by atoms with van der Waals surface area (Å²) in [6.45, 7) is -0.350. The van der Waals surface area contributed by atoms with Crippen LogP contribution in [0.5, 0.6) is 0 Å². The number of rotatable bonds is 7. The molecule has 0 aliphatic carbocycles. The van der Waals surface area contributed by atoms with Crippen molar-refractivity contribution in [1.82, 2.24) is 15.8 Å². The Bertz CT molecular complexity index is 623. The molecular formula is C13H15N3O4. The monoisotopic (exact) mass is 277 g/mol. The molecule has 0 radical (unpaired) electrons. The second-order valence-electron chi connectivity index (χ2n) is 4.35. The zero-order valence-electron chi connectivity index (χ0n) is 10.6. The first-order valence-electron chi connectivity index (χ1n) is 6.06. The number of nitrogens with one attached hydrogen (secondary N) is 3. The number of carbonyl (C=O) groups is 2. The van der Waals surface area contributed by atoms with E-state index in [1.54, 1.807) is 6.20 Å². The Balaban J connectivity index is 2.07. The van der Waals surface area contributed by atoms with E-state index >= 15 is 0 Å². The standard InChI is InChI=1S/C13H15N3O4/c17-12(18)7-15-16-11(13(19)20)5-8-6-14-10-4-2-1-3-9(8)10/h1-4,6,11,14-16H,5,7H2,(H,17,18)(H,19,20)/t11-/m0/s1. The number of benzene rings is 1. The lowest BCUT2D eigenvalue weighted by molar-refractivity contribution is -0.141. The van der Waals surface area contributed by atoms with Gasteiger partial charge in [0.1, 0.15) is 12.6 Å². The SMILES string of the molecule is O=C(O)CNN[C@@H](Cc1c[nH]c2ccccc12)C(=O)O. The smallest absolute Gasteiger partial charge is 0.322 e. The number of aromatic nitrogens is 1.